The summed E-state index contributed by atoms with van der Waals surface area (Å²) >= 11 is 1.88. The monoisotopic (exact) mass is 703 g/mol. The second kappa shape index (κ2) is 12.4. The Morgan fingerprint density at radius 3 is 1.70 bits per heavy atom. The molecular formula is C52H33NS. The van der Waals surface area contributed by atoms with Gasteiger partial charge in [-0.2, -0.15) is 0 Å². The van der Waals surface area contributed by atoms with Gasteiger partial charge in [-0.05, 0) is 108 Å². The maximum Gasteiger partial charge on any atom is 0.0718 e. The first-order valence-electron chi connectivity index (χ1n) is 18.5. The van der Waals surface area contributed by atoms with Crippen molar-refractivity contribution in [2.24, 2.45) is 0 Å². The lowest BCUT2D eigenvalue weighted by Crippen LogP contribution is -2.10. The fourth-order valence-corrected chi connectivity index (χ4v) is 9.63. The molecule has 11 aromatic rings. The second-order valence-electron chi connectivity index (χ2n) is 14.1. The molecular weight excluding hydrogens is 671 g/mol. The van der Waals surface area contributed by atoms with Crippen molar-refractivity contribution in [1.82, 2.24) is 0 Å². The average molecular weight is 704 g/mol. The molecule has 252 valence electrons. The van der Waals surface area contributed by atoms with Gasteiger partial charge < -0.3 is 4.90 Å². The van der Waals surface area contributed by atoms with Gasteiger partial charge in [0.15, 0.2) is 0 Å². The van der Waals surface area contributed by atoms with Crippen molar-refractivity contribution in [1.29, 1.82) is 0 Å². The SMILES string of the molecule is c1ccc(-c2ccc(N(c3ccc4cc(-c5cc6ccccc6c6ccccc56)ccc4c3)c3c4ccccc4cc4c3sc3ccccc34)cc2)cc1. The number of rotatable bonds is 5. The summed E-state index contributed by atoms with van der Waals surface area (Å²) in [5.74, 6) is 0. The molecule has 0 aliphatic rings. The van der Waals surface area contributed by atoms with Crippen LogP contribution in [0.1, 0.15) is 0 Å². The van der Waals surface area contributed by atoms with Crippen molar-refractivity contribution in [3.63, 3.8) is 0 Å². The summed E-state index contributed by atoms with van der Waals surface area (Å²) in [5.41, 5.74) is 8.39. The van der Waals surface area contributed by atoms with Crippen molar-refractivity contribution in [2.75, 3.05) is 4.90 Å². The molecule has 0 N–H and O–H groups in total. The molecule has 1 heterocycles. The molecule has 11 rings (SSSR count). The van der Waals surface area contributed by atoms with E-state index in [0.717, 1.165) is 11.4 Å². The van der Waals surface area contributed by atoms with Gasteiger partial charge in [0.05, 0.1) is 10.4 Å². The van der Waals surface area contributed by atoms with E-state index in [1.165, 1.54) is 91.2 Å². The summed E-state index contributed by atoms with van der Waals surface area (Å²) in [6.45, 7) is 0. The predicted molar refractivity (Wildman–Crippen MR) is 235 cm³/mol. The van der Waals surface area contributed by atoms with E-state index in [-0.39, 0.29) is 0 Å². The molecule has 2 heteroatoms. The molecule has 1 aromatic heterocycles. The van der Waals surface area contributed by atoms with Crippen LogP contribution in [0.15, 0.2) is 200 Å². The molecule has 1 nitrogen and oxygen atoms in total. The Balaban J connectivity index is 1.12. The van der Waals surface area contributed by atoms with E-state index in [1.54, 1.807) is 0 Å². The highest BCUT2D eigenvalue weighted by atomic mass is 32.1. The maximum atomic E-state index is 2.49. The molecule has 0 saturated heterocycles. The first-order valence-corrected chi connectivity index (χ1v) is 19.3. The second-order valence-corrected chi connectivity index (χ2v) is 15.2. The number of hydrogen-bond donors (Lipinski definition) is 0. The summed E-state index contributed by atoms with van der Waals surface area (Å²) in [6.07, 6.45) is 0. The Labute approximate surface area is 317 Å². The first-order chi connectivity index (χ1) is 26.8. The third-order valence-corrected chi connectivity index (χ3v) is 12.2. The quantitative estimate of drug-likeness (QED) is 0.161. The van der Waals surface area contributed by atoms with Crippen LogP contribution < -0.4 is 4.90 Å². The Hall–Kier alpha value is -6.74. The number of anilines is 3. The van der Waals surface area contributed by atoms with Crippen LogP contribution in [0.25, 0.3) is 85.5 Å². The largest absolute Gasteiger partial charge is 0.308 e. The maximum absolute atomic E-state index is 2.49. The molecule has 0 atom stereocenters. The number of hydrogen-bond acceptors (Lipinski definition) is 2. The highest BCUT2D eigenvalue weighted by molar-refractivity contribution is 7.26. The van der Waals surface area contributed by atoms with Crippen molar-refractivity contribution in [2.45, 2.75) is 0 Å². The van der Waals surface area contributed by atoms with Gasteiger partial charge in [-0.1, -0.05) is 152 Å². The van der Waals surface area contributed by atoms with Crippen molar-refractivity contribution >= 4 is 91.7 Å². The van der Waals surface area contributed by atoms with E-state index in [1.807, 2.05) is 11.3 Å². The molecule has 0 radical (unpaired) electrons. The molecule has 0 amide bonds. The summed E-state index contributed by atoms with van der Waals surface area (Å²) in [4.78, 5) is 2.49. The topological polar surface area (TPSA) is 3.24 Å². The van der Waals surface area contributed by atoms with Crippen molar-refractivity contribution in [3.8, 4) is 22.3 Å². The van der Waals surface area contributed by atoms with Crippen LogP contribution in [0.3, 0.4) is 0 Å². The van der Waals surface area contributed by atoms with Gasteiger partial charge in [-0.15, -0.1) is 11.3 Å². The van der Waals surface area contributed by atoms with Crippen LogP contribution in [0.2, 0.25) is 0 Å². The van der Waals surface area contributed by atoms with Gasteiger partial charge in [-0.3, -0.25) is 0 Å². The third kappa shape index (κ3) is 4.99. The zero-order valence-electron chi connectivity index (χ0n) is 29.4. The standard InChI is InChI=1S/C52H33NS/c1-2-12-34(13-3-1)35-24-27-41(28-25-35)53(51-44-17-7-5-15-39(44)33-49-47-20-10-11-21-50(47)54-52(49)51)42-29-26-36-30-40(23-22-37(36)31-42)48-32-38-14-4-6-16-43(38)45-18-8-9-19-46(45)48/h1-33H. The highest BCUT2D eigenvalue weighted by Gasteiger charge is 2.22. The van der Waals surface area contributed by atoms with E-state index in [0.29, 0.717) is 0 Å². The van der Waals surface area contributed by atoms with Crippen molar-refractivity contribution in [3.05, 3.63) is 200 Å². The molecule has 0 aliphatic heterocycles. The fraction of sp³-hybridized carbons (Fsp3) is 0. The van der Waals surface area contributed by atoms with E-state index in [2.05, 4.69) is 205 Å². The minimum absolute atomic E-state index is 1.13. The van der Waals surface area contributed by atoms with Gasteiger partial charge in [0.2, 0.25) is 0 Å². The molecule has 0 bridgehead atoms. The highest BCUT2D eigenvalue weighted by Crippen LogP contribution is 2.49. The molecule has 0 aliphatic carbocycles. The van der Waals surface area contributed by atoms with Gasteiger partial charge in [0, 0.05) is 32.2 Å². The minimum atomic E-state index is 1.13. The lowest BCUT2D eigenvalue weighted by atomic mass is 9.92. The molecule has 0 saturated carbocycles. The molecule has 0 fully saturated rings. The number of fused-ring (bicyclic) bond motifs is 8. The van der Waals surface area contributed by atoms with Crippen LogP contribution >= 0.6 is 11.3 Å². The molecule has 0 spiro atoms. The third-order valence-electron chi connectivity index (χ3n) is 11.0. The van der Waals surface area contributed by atoms with Crippen LogP contribution in [0.4, 0.5) is 17.1 Å². The zero-order valence-corrected chi connectivity index (χ0v) is 30.2. The summed E-state index contributed by atoms with van der Waals surface area (Å²) < 4.78 is 2.59. The molecule has 0 unspecified atom stereocenters. The smallest absolute Gasteiger partial charge is 0.0718 e. The van der Waals surface area contributed by atoms with Crippen molar-refractivity contribution < 1.29 is 0 Å². The summed E-state index contributed by atoms with van der Waals surface area (Å²) in [6, 6.07) is 73.5. The van der Waals surface area contributed by atoms with E-state index >= 15 is 0 Å². The molecule has 54 heavy (non-hydrogen) atoms. The summed E-state index contributed by atoms with van der Waals surface area (Å²) in [7, 11) is 0. The lowest BCUT2D eigenvalue weighted by molar-refractivity contribution is 1.32. The zero-order chi connectivity index (χ0) is 35.6. The van der Waals surface area contributed by atoms with Gasteiger partial charge >= 0.3 is 0 Å². The van der Waals surface area contributed by atoms with Crippen LogP contribution in [-0.4, -0.2) is 0 Å². The Kier molecular flexibility index (Phi) is 7.11. The lowest BCUT2D eigenvalue weighted by Gasteiger charge is -2.28. The van der Waals surface area contributed by atoms with Crippen LogP contribution in [0, 0.1) is 0 Å². The fourth-order valence-electron chi connectivity index (χ4n) is 8.40. The number of benzene rings is 10. The average Bonchev–Trinajstić information content (AvgIpc) is 3.62. The normalized spacial score (nSPS) is 11.7. The number of thiophene rings is 1. The van der Waals surface area contributed by atoms with Gasteiger partial charge in [0.1, 0.15) is 0 Å². The van der Waals surface area contributed by atoms with E-state index in [4.69, 9.17) is 0 Å². The number of nitrogens with zero attached hydrogens (tertiary/aromatic N) is 1. The van der Waals surface area contributed by atoms with Gasteiger partial charge in [-0.25, -0.2) is 0 Å². The summed E-state index contributed by atoms with van der Waals surface area (Å²) in [5, 5.41) is 12.6. The Bertz CT molecular complexity index is 3210. The van der Waals surface area contributed by atoms with Gasteiger partial charge in [0.25, 0.3) is 0 Å². The van der Waals surface area contributed by atoms with Crippen LogP contribution in [0.5, 0.6) is 0 Å². The minimum Gasteiger partial charge on any atom is -0.308 e. The Morgan fingerprint density at radius 1 is 0.315 bits per heavy atom. The van der Waals surface area contributed by atoms with Crippen LogP contribution in [-0.2, 0) is 0 Å². The Morgan fingerprint density at radius 2 is 0.889 bits per heavy atom. The van der Waals surface area contributed by atoms with E-state index in [9.17, 15) is 0 Å². The van der Waals surface area contributed by atoms with E-state index < -0.39 is 0 Å². The molecule has 10 aromatic carbocycles. The predicted octanol–water partition coefficient (Wildman–Crippen LogP) is 15.5. The first kappa shape index (κ1) is 30.8.